The Bertz CT molecular complexity index is 613. The van der Waals surface area contributed by atoms with E-state index in [1.54, 1.807) is 0 Å². The average Bonchev–Trinajstić information content (AvgIpc) is 2.71. The molecule has 114 valence electrons. The number of aryl methyl sites for hydroxylation is 2. The lowest BCUT2D eigenvalue weighted by atomic mass is 9.79. The van der Waals surface area contributed by atoms with E-state index >= 15 is 0 Å². The average molecular weight is 292 g/mol. The van der Waals surface area contributed by atoms with Crippen molar-refractivity contribution in [3.63, 3.8) is 0 Å². The van der Waals surface area contributed by atoms with Gasteiger partial charge in [-0.1, -0.05) is 55.5 Å². The van der Waals surface area contributed by atoms with E-state index in [4.69, 9.17) is 4.74 Å². The van der Waals surface area contributed by atoms with Gasteiger partial charge in [-0.2, -0.15) is 0 Å². The van der Waals surface area contributed by atoms with Gasteiger partial charge in [-0.25, -0.2) is 0 Å². The molecule has 2 aromatic carbocycles. The zero-order chi connectivity index (χ0) is 14.9. The van der Waals surface area contributed by atoms with Crippen LogP contribution >= 0.6 is 0 Å². The fourth-order valence-electron chi connectivity index (χ4n) is 4.20. The Morgan fingerprint density at radius 1 is 0.864 bits per heavy atom. The van der Waals surface area contributed by atoms with Crippen LogP contribution in [0.1, 0.15) is 47.9 Å². The lowest BCUT2D eigenvalue weighted by molar-refractivity contribution is -0.0138. The van der Waals surface area contributed by atoms with E-state index < -0.39 is 0 Å². The Hall–Kier alpha value is -1.60. The molecular weight excluding hydrogens is 268 g/mol. The van der Waals surface area contributed by atoms with E-state index in [2.05, 4.69) is 55.5 Å². The standard InChI is InChI=1S/C21H24O/c1-15-12-13-22-20(14-15)21-18-8-4-2-6-16(18)10-11-17-7-3-5-9-19(17)21/h2-9,15,20-21H,10-14H2,1H3. The highest BCUT2D eigenvalue weighted by Crippen LogP contribution is 2.40. The molecule has 4 rings (SSSR count). The van der Waals surface area contributed by atoms with Crippen LogP contribution in [0.3, 0.4) is 0 Å². The van der Waals surface area contributed by atoms with E-state index in [0.717, 1.165) is 25.4 Å². The summed E-state index contributed by atoms with van der Waals surface area (Å²) < 4.78 is 6.26. The molecule has 0 spiro atoms. The minimum atomic E-state index is 0.323. The Balaban J connectivity index is 1.83. The summed E-state index contributed by atoms with van der Waals surface area (Å²) in [5.74, 6) is 1.17. The molecule has 1 heterocycles. The van der Waals surface area contributed by atoms with Gasteiger partial charge < -0.3 is 4.74 Å². The van der Waals surface area contributed by atoms with Crippen LogP contribution in [0.25, 0.3) is 0 Å². The van der Waals surface area contributed by atoms with E-state index in [1.165, 1.54) is 35.1 Å². The summed E-state index contributed by atoms with van der Waals surface area (Å²) in [6, 6.07) is 18.0. The molecule has 0 amide bonds. The molecule has 0 aromatic heterocycles. The molecule has 1 aliphatic heterocycles. The first-order valence-electron chi connectivity index (χ1n) is 8.60. The van der Waals surface area contributed by atoms with Crippen LogP contribution in [-0.4, -0.2) is 12.7 Å². The Morgan fingerprint density at radius 2 is 1.45 bits per heavy atom. The summed E-state index contributed by atoms with van der Waals surface area (Å²) in [6.07, 6.45) is 4.99. The van der Waals surface area contributed by atoms with Gasteiger partial charge in [0.2, 0.25) is 0 Å². The Kier molecular flexibility index (Phi) is 3.75. The van der Waals surface area contributed by atoms with Crippen molar-refractivity contribution in [2.45, 2.75) is 44.6 Å². The van der Waals surface area contributed by atoms with Gasteiger partial charge in [0.15, 0.2) is 0 Å². The summed E-state index contributed by atoms with van der Waals surface area (Å²) >= 11 is 0. The van der Waals surface area contributed by atoms with Crippen molar-refractivity contribution in [3.05, 3.63) is 70.8 Å². The van der Waals surface area contributed by atoms with Crippen LogP contribution in [0.15, 0.2) is 48.5 Å². The summed E-state index contributed by atoms with van der Waals surface area (Å²) in [7, 11) is 0. The van der Waals surface area contributed by atoms with Crippen molar-refractivity contribution < 1.29 is 4.74 Å². The number of benzene rings is 2. The highest BCUT2D eigenvalue weighted by atomic mass is 16.5. The van der Waals surface area contributed by atoms with Crippen molar-refractivity contribution in [1.29, 1.82) is 0 Å². The fourth-order valence-corrected chi connectivity index (χ4v) is 4.20. The first-order chi connectivity index (χ1) is 10.8. The highest BCUT2D eigenvalue weighted by molar-refractivity contribution is 5.45. The molecule has 1 fully saturated rings. The predicted molar refractivity (Wildman–Crippen MR) is 90.3 cm³/mol. The Labute approximate surface area is 133 Å². The maximum atomic E-state index is 6.26. The zero-order valence-corrected chi connectivity index (χ0v) is 13.3. The quantitative estimate of drug-likeness (QED) is 0.738. The second kappa shape index (κ2) is 5.89. The van der Waals surface area contributed by atoms with Crippen molar-refractivity contribution in [3.8, 4) is 0 Å². The molecule has 2 aliphatic rings. The second-order valence-electron chi connectivity index (χ2n) is 6.91. The molecule has 1 nitrogen and oxygen atoms in total. The summed E-state index contributed by atoms with van der Waals surface area (Å²) in [4.78, 5) is 0. The molecule has 1 aliphatic carbocycles. The second-order valence-corrected chi connectivity index (χ2v) is 6.91. The number of fused-ring (bicyclic) bond motifs is 2. The maximum absolute atomic E-state index is 6.26. The van der Waals surface area contributed by atoms with Gasteiger partial charge in [0.1, 0.15) is 0 Å². The zero-order valence-electron chi connectivity index (χ0n) is 13.3. The first-order valence-corrected chi connectivity index (χ1v) is 8.60. The van der Waals surface area contributed by atoms with Crippen LogP contribution in [-0.2, 0) is 17.6 Å². The van der Waals surface area contributed by atoms with Gasteiger partial charge in [-0.15, -0.1) is 0 Å². The van der Waals surface area contributed by atoms with Crippen molar-refractivity contribution in [1.82, 2.24) is 0 Å². The Morgan fingerprint density at radius 3 is 2.05 bits per heavy atom. The largest absolute Gasteiger partial charge is 0.377 e. The third kappa shape index (κ3) is 2.48. The number of hydrogen-bond donors (Lipinski definition) is 0. The molecule has 1 saturated heterocycles. The third-order valence-corrected chi connectivity index (χ3v) is 5.39. The minimum absolute atomic E-state index is 0.323. The van der Waals surface area contributed by atoms with Crippen LogP contribution in [0.5, 0.6) is 0 Å². The third-order valence-electron chi connectivity index (χ3n) is 5.39. The van der Waals surface area contributed by atoms with Crippen LogP contribution in [0, 0.1) is 5.92 Å². The smallest absolute Gasteiger partial charge is 0.0686 e. The predicted octanol–water partition coefficient (Wildman–Crippen LogP) is 4.73. The van der Waals surface area contributed by atoms with Crippen molar-refractivity contribution in [2.24, 2.45) is 5.92 Å². The van der Waals surface area contributed by atoms with Gasteiger partial charge >= 0.3 is 0 Å². The van der Waals surface area contributed by atoms with Gasteiger partial charge in [0, 0.05) is 12.5 Å². The number of rotatable bonds is 1. The summed E-state index contributed by atoms with van der Waals surface area (Å²) in [5.41, 5.74) is 5.99. The van der Waals surface area contributed by atoms with Crippen molar-refractivity contribution >= 4 is 0 Å². The monoisotopic (exact) mass is 292 g/mol. The van der Waals surface area contributed by atoms with E-state index in [-0.39, 0.29) is 0 Å². The van der Waals surface area contributed by atoms with Gasteiger partial charge in [0.05, 0.1) is 6.10 Å². The fraction of sp³-hybridized carbons (Fsp3) is 0.429. The van der Waals surface area contributed by atoms with Crippen molar-refractivity contribution in [2.75, 3.05) is 6.61 Å². The summed E-state index contributed by atoms with van der Waals surface area (Å²) in [6.45, 7) is 3.27. The lowest BCUT2D eigenvalue weighted by Crippen LogP contribution is -2.31. The van der Waals surface area contributed by atoms with Crippen LogP contribution in [0.2, 0.25) is 0 Å². The molecule has 22 heavy (non-hydrogen) atoms. The van der Waals surface area contributed by atoms with E-state index in [9.17, 15) is 0 Å². The van der Waals surface area contributed by atoms with Gasteiger partial charge in [0.25, 0.3) is 0 Å². The topological polar surface area (TPSA) is 9.23 Å². The van der Waals surface area contributed by atoms with Gasteiger partial charge in [-0.3, -0.25) is 0 Å². The molecule has 2 atom stereocenters. The normalized spacial score (nSPS) is 25.1. The number of hydrogen-bond acceptors (Lipinski definition) is 1. The molecule has 0 saturated carbocycles. The molecule has 0 bridgehead atoms. The van der Waals surface area contributed by atoms with E-state index in [1.807, 2.05) is 0 Å². The van der Waals surface area contributed by atoms with E-state index in [0.29, 0.717) is 12.0 Å². The molecular formula is C21H24O. The molecule has 0 radical (unpaired) electrons. The SMILES string of the molecule is CC1CCOC(C2c3ccccc3CCc3ccccc32)C1. The highest BCUT2D eigenvalue weighted by Gasteiger charge is 2.33. The number of ether oxygens (including phenoxy) is 1. The maximum Gasteiger partial charge on any atom is 0.0686 e. The molecule has 2 aromatic rings. The van der Waals surface area contributed by atoms with Crippen LogP contribution < -0.4 is 0 Å². The molecule has 0 N–H and O–H groups in total. The lowest BCUT2D eigenvalue weighted by Gasteiger charge is -2.35. The first kappa shape index (κ1) is 14.0. The molecule has 2 unspecified atom stereocenters. The molecule has 1 heteroatoms. The van der Waals surface area contributed by atoms with Gasteiger partial charge in [-0.05, 0) is 53.9 Å². The summed E-state index contributed by atoms with van der Waals surface area (Å²) in [5, 5.41) is 0. The minimum Gasteiger partial charge on any atom is -0.377 e. The van der Waals surface area contributed by atoms with Crippen LogP contribution in [0.4, 0.5) is 0 Å².